The lowest BCUT2D eigenvalue weighted by atomic mass is 9.79. The van der Waals surface area contributed by atoms with E-state index in [1.54, 1.807) is 0 Å². The van der Waals surface area contributed by atoms with Crippen LogP contribution in [0.15, 0.2) is 0 Å². The zero-order chi connectivity index (χ0) is 12.6. The molecule has 3 nitrogen and oxygen atoms in total. The second-order valence-corrected chi connectivity index (χ2v) is 4.42. The molecule has 1 atom stereocenters. The van der Waals surface area contributed by atoms with Gasteiger partial charge in [-0.1, -0.05) is 34.1 Å². The molecular formula is C13H27NO2. The Morgan fingerprint density at radius 1 is 1.25 bits per heavy atom. The van der Waals surface area contributed by atoms with Crippen LogP contribution >= 0.6 is 0 Å². The van der Waals surface area contributed by atoms with Crippen molar-refractivity contribution in [1.29, 1.82) is 0 Å². The molecule has 1 unspecified atom stereocenters. The zero-order valence-corrected chi connectivity index (χ0v) is 11.2. The normalized spacial score (nSPS) is 13.6. The smallest absolute Gasteiger partial charge is 0.310 e. The first-order valence-electron chi connectivity index (χ1n) is 6.51. The van der Waals surface area contributed by atoms with Crippen LogP contribution < -0.4 is 5.73 Å². The first-order valence-corrected chi connectivity index (χ1v) is 6.51. The average Bonchev–Trinajstić information content (AvgIpc) is 2.30. The van der Waals surface area contributed by atoms with E-state index in [0.717, 1.165) is 32.1 Å². The van der Waals surface area contributed by atoms with Crippen LogP contribution in [0.2, 0.25) is 0 Å². The summed E-state index contributed by atoms with van der Waals surface area (Å²) in [5, 5.41) is 0. The minimum absolute atomic E-state index is 0.123. The molecule has 0 aliphatic carbocycles. The summed E-state index contributed by atoms with van der Waals surface area (Å²) in [6.45, 7) is 8.67. The third-order valence-corrected chi connectivity index (χ3v) is 3.45. The van der Waals surface area contributed by atoms with Gasteiger partial charge in [-0.25, -0.2) is 0 Å². The van der Waals surface area contributed by atoms with Gasteiger partial charge in [0.25, 0.3) is 0 Å². The van der Waals surface area contributed by atoms with Crippen molar-refractivity contribution in [1.82, 2.24) is 0 Å². The third-order valence-electron chi connectivity index (χ3n) is 3.45. The molecule has 0 bridgehead atoms. The van der Waals surface area contributed by atoms with Gasteiger partial charge in [0.05, 0.1) is 12.5 Å². The minimum Gasteiger partial charge on any atom is -0.465 e. The molecule has 16 heavy (non-hydrogen) atoms. The first kappa shape index (κ1) is 15.4. The molecule has 0 saturated heterocycles. The summed E-state index contributed by atoms with van der Waals surface area (Å²) >= 11 is 0. The number of unbranched alkanes of at least 4 members (excludes halogenated alkanes) is 1. The van der Waals surface area contributed by atoms with Crippen molar-refractivity contribution in [2.45, 2.75) is 65.3 Å². The molecule has 0 rings (SSSR count). The lowest BCUT2D eigenvalue weighted by Crippen LogP contribution is -2.49. The van der Waals surface area contributed by atoms with Crippen molar-refractivity contribution in [3.05, 3.63) is 0 Å². The van der Waals surface area contributed by atoms with E-state index in [4.69, 9.17) is 10.5 Å². The fraction of sp³-hybridized carbons (Fsp3) is 0.923. The van der Waals surface area contributed by atoms with Gasteiger partial charge in [0, 0.05) is 5.54 Å². The molecule has 0 aromatic heterocycles. The van der Waals surface area contributed by atoms with Gasteiger partial charge >= 0.3 is 5.97 Å². The third kappa shape index (κ3) is 4.12. The van der Waals surface area contributed by atoms with Gasteiger partial charge in [0.15, 0.2) is 0 Å². The number of esters is 1. The van der Waals surface area contributed by atoms with Gasteiger partial charge in [-0.15, -0.1) is 0 Å². The van der Waals surface area contributed by atoms with Crippen LogP contribution in [0.3, 0.4) is 0 Å². The van der Waals surface area contributed by atoms with Crippen LogP contribution in [0.5, 0.6) is 0 Å². The molecule has 0 spiro atoms. The summed E-state index contributed by atoms with van der Waals surface area (Å²) < 4.78 is 5.27. The Morgan fingerprint density at radius 2 is 1.81 bits per heavy atom. The van der Waals surface area contributed by atoms with Crippen LogP contribution in [-0.4, -0.2) is 18.1 Å². The van der Waals surface area contributed by atoms with Gasteiger partial charge in [-0.3, -0.25) is 4.79 Å². The molecule has 2 N–H and O–H groups in total. The summed E-state index contributed by atoms with van der Waals surface area (Å²) in [5.74, 6) is -0.290. The van der Waals surface area contributed by atoms with Crippen LogP contribution in [-0.2, 0) is 9.53 Å². The van der Waals surface area contributed by atoms with E-state index < -0.39 is 5.54 Å². The maximum Gasteiger partial charge on any atom is 0.310 e. The zero-order valence-electron chi connectivity index (χ0n) is 11.2. The predicted molar refractivity (Wildman–Crippen MR) is 67.1 cm³/mol. The maximum absolute atomic E-state index is 11.9. The molecule has 0 saturated carbocycles. The summed E-state index contributed by atoms with van der Waals surface area (Å²) in [6.07, 6.45) is 4.34. The Balaban J connectivity index is 4.41. The topological polar surface area (TPSA) is 52.3 Å². The number of ether oxygens (including phenoxy) is 1. The van der Waals surface area contributed by atoms with Crippen LogP contribution in [0.25, 0.3) is 0 Å². The molecule has 0 aromatic rings. The molecule has 0 aliphatic heterocycles. The average molecular weight is 229 g/mol. The van der Waals surface area contributed by atoms with E-state index in [9.17, 15) is 4.79 Å². The molecule has 0 aliphatic rings. The first-order chi connectivity index (χ1) is 7.55. The Kier molecular flexibility index (Phi) is 7.39. The van der Waals surface area contributed by atoms with Crippen molar-refractivity contribution in [3.8, 4) is 0 Å². The molecule has 0 aromatic carbocycles. The summed E-state index contributed by atoms with van der Waals surface area (Å²) in [6, 6.07) is 0. The van der Waals surface area contributed by atoms with Crippen LogP contribution in [0, 0.1) is 5.92 Å². The van der Waals surface area contributed by atoms with Crippen molar-refractivity contribution in [2.75, 3.05) is 6.61 Å². The highest BCUT2D eigenvalue weighted by Gasteiger charge is 2.36. The predicted octanol–water partition coefficient (Wildman–Crippen LogP) is 2.87. The van der Waals surface area contributed by atoms with Gasteiger partial charge in [-0.05, 0) is 25.7 Å². The SMILES string of the molecule is CCCCOC(=O)C(CC)C(N)(CC)CC. The molecule has 0 amide bonds. The lowest BCUT2D eigenvalue weighted by molar-refractivity contribution is -0.151. The van der Waals surface area contributed by atoms with E-state index >= 15 is 0 Å². The van der Waals surface area contributed by atoms with Gasteiger partial charge < -0.3 is 10.5 Å². The molecule has 0 heterocycles. The molecule has 0 fully saturated rings. The number of carbonyl (C=O) groups excluding carboxylic acids is 1. The van der Waals surface area contributed by atoms with E-state index in [-0.39, 0.29) is 11.9 Å². The summed E-state index contributed by atoms with van der Waals surface area (Å²) in [5.41, 5.74) is 5.85. The minimum atomic E-state index is -0.405. The Bertz CT molecular complexity index is 200. The second-order valence-electron chi connectivity index (χ2n) is 4.42. The number of nitrogens with two attached hydrogens (primary N) is 1. The Morgan fingerprint density at radius 3 is 2.19 bits per heavy atom. The van der Waals surface area contributed by atoms with E-state index in [1.807, 2.05) is 20.8 Å². The van der Waals surface area contributed by atoms with Crippen molar-refractivity contribution >= 4 is 5.97 Å². The summed E-state index contributed by atoms with van der Waals surface area (Å²) in [7, 11) is 0. The quantitative estimate of drug-likeness (QED) is 0.514. The lowest BCUT2D eigenvalue weighted by Gasteiger charge is -2.33. The highest BCUT2D eigenvalue weighted by atomic mass is 16.5. The van der Waals surface area contributed by atoms with E-state index in [0.29, 0.717) is 6.61 Å². The molecule has 96 valence electrons. The highest BCUT2D eigenvalue weighted by Crippen LogP contribution is 2.26. The maximum atomic E-state index is 11.9. The fourth-order valence-electron chi connectivity index (χ4n) is 1.97. The number of rotatable bonds is 8. The van der Waals surface area contributed by atoms with Gasteiger partial charge in [0.1, 0.15) is 0 Å². The van der Waals surface area contributed by atoms with E-state index in [2.05, 4.69) is 6.92 Å². The number of hydrogen-bond acceptors (Lipinski definition) is 3. The van der Waals surface area contributed by atoms with Crippen molar-refractivity contribution in [3.63, 3.8) is 0 Å². The standard InChI is InChI=1S/C13H27NO2/c1-5-9-10-16-12(15)11(6-2)13(14,7-3)8-4/h11H,5-10,14H2,1-4H3. The van der Waals surface area contributed by atoms with E-state index in [1.165, 1.54) is 0 Å². The van der Waals surface area contributed by atoms with Crippen LogP contribution in [0.4, 0.5) is 0 Å². The molecular weight excluding hydrogens is 202 g/mol. The summed E-state index contributed by atoms with van der Waals surface area (Å²) in [4.78, 5) is 11.9. The highest BCUT2D eigenvalue weighted by molar-refractivity contribution is 5.74. The molecule has 0 radical (unpaired) electrons. The largest absolute Gasteiger partial charge is 0.465 e. The van der Waals surface area contributed by atoms with Crippen molar-refractivity contribution in [2.24, 2.45) is 11.7 Å². The molecule has 3 heteroatoms. The van der Waals surface area contributed by atoms with Gasteiger partial charge in [0.2, 0.25) is 0 Å². The Labute approximate surface area is 99.7 Å². The van der Waals surface area contributed by atoms with Gasteiger partial charge in [-0.2, -0.15) is 0 Å². The Hall–Kier alpha value is -0.570. The fourth-order valence-corrected chi connectivity index (χ4v) is 1.97. The van der Waals surface area contributed by atoms with Crippen molar-refractivity contribution < 1.29 is 9.53 Å². The number of carbonyl (C=O) groups is 1. The number of hydrogen-bond donors (Lipinski definition) is 1. The monoisotopic (exact) mass is 229 g/mol. The van der Waals surface area contributed by atoms with Crippen LogP contribution in [0.1, 0.15) is 59.8 Å². The second kappa shape index (κ2) is 7.66.